The molecule has 1 spiro atoms. The van der Waals surface area contributed by atoms with Crippen LogP contribution in [0.5, 0.6) is 0 Å². The van der Waals surface area contributed by atoms with Crippen LogP contribution in [0.2, 0.25) is 0 Å². The molecule has 4 aliphatic rings. The third-order valence-corrected chi connectivity index (χ3v) is 9.33. The maximum Gasteiger partial charge on any atom is 0.256 e. The smallest absolute Gasteiger partial charge is 0.256 e. The first-order valence-electron chi connectivity index (χ1n) is 14.0. The van der Waals surface area contributed by atoms with E-state index in [9.17, 15) is 23.5 Å². The van der Waals surface area contributed by atoms with Crippen molar-refractivity contribution in [1.82, 2.24) is 15.1 Å². The van der Waals surface area contributed by atoms with Crippen molar-refractivity contribution < 1.29 is 23.5 Å². The number of amides is 2. The molecule has 7 nitrogen and oxygen atoms in total. The summed E-state index contributed by atoms with van der Waals surface area (Å²) in [5.74, 6) is -2.93. The molecule has 2 aromatic carbocycles. The lowest BCUT2D eigenvalue weighted by Crippen LogP contribution is -2.50. The quantitative estimate of drug-likeness (QED) is 0.569. The number of carbonyl (C=O) groups excluding carboxylic acids is 2. The first-order chi connectivity index (χ1) is 18.7. The highest BCUT2D eigenvalue weighted by Gasteiger charge is 2.70. The van der Waals surface area contributed by atoms with E-state index >= 15 is 0 Å². The molecule has 6 rings (SSSR count). The number of aliphatic hydroxyl groups is 1. The Balaban J connectivity index is 0.00000323. The van der Waals surface area contributed by atoms with Crippen LogP contribution in [0, 0.1) is 5.41 Å². The van der Waals surface area contributed by atoms with Crippen molar-refractivity contribution in [2.24, 2.45) is 5.41 Å². The minimum Gasteiger partial charge on any atom is -0.390 e. The van der Waals surface area contributed by atoms with Gasteiger partial charge in [0.05, 0.1) is 17.4 Å². The van der Waals surface area contributed by atoms with Gasteiger partial charge in [0.1, 0.15) is 0 Å². The van der Waals surface area contributed by atoms with Gasteiger partial charge in [0.25, 0.3) is 17.7 Å². The SMILES string of the molecule is CCN1CCN(CC(O)C2Cc3ccccc3CN2)C(=O)c2ccc(C(=O)N3CCC4(CC3)CC4(F)F)cc21.Cl. The number of carbonyl (C=O) groups is 2. The van der Waals surface area contributed by atoms with Crippen LogP contribution in [0.4, 0.5) is 14.5 Å². The number of likely N-dealkylation sites (N-methyl/N-ethyl adjacent to an activating group) is 1. The Labute approximate surface area is 239 Å². The van der Waals surface area contributed by atoms with E-state index in [-0.39, 0.29) is 43.2 Å². The van der Waals surface area contributed by atoms with Gasteiger partial charge in [-0.15, -0.1) is 12.4 Å². The zero-order valence-corrected chi connectivity index (χ0v) is 23.6. The average molecular weight is 575 g/mol. The molecule has 1 saturated carbocycles. The second kappa shape index (κ2) is 10.9. The Morgan fingerprint density at radius 2 is 1.75 bits per heavy atom. The molecular weight excluding hydrogens is 538 g/mol. The lowest BCUT2D eigenvalue weighted by molar-refractivity contribution is 0.0284. The lowest BCUT2D eigenvalue weighted by Gasteiger charge is -2.33. The van der Waals surface area contributed by atoms with E-state index in [1.54, 1.807) is 28.0 Å². The van der Waals surface area contributed by atoms with Crippen molar-refractivity contribution in [3.05, 3.63) is 64.7 Å². The molecule has 40 heavy (non-hydrogen) atoms. The largest absolute Gasteiger partial charge is 0.390 e. The average Bonchev–Trinajstić information content (AvgIpc) is 3.53. The number of piperidine rings is 1. The summed E-state index contributed by atoms with van der Waals surface area (Å²) in [6.07, 6.45) is 0.576. The van der Waals surface area contributed by atoms with E-state index in [0.29, 0.717) is 75.3 Å². The summed E-state index contributed by atoms with van der Waals surface area (Å²) in [4.78, 5) is 32.4. The standard InChI is InChI=1S/C30H36F2N4O3.ClH/c1-2-34-13-14-36(18-26(37)24-15-20-5-3-4-6-22(20)17-33-24)28(39)23-8-7-21(16-25(23)34)27(38)35-11-9-29(10-12-35)19-30(29,31)32;/h3-8,16,24,26,33,37H,2,9-15,17-19H2,1H3;1H. The predicted molar refractivity (Wildman–Crippen MR) is 151 cm³/mol. The van der Waals surface area contributed by atoms with Gasteiger partial charge in [0, 0.05) is 69.3 Å². The van der Waals surface area contributed by atoms with Gasteiger partial charge in [0.2, 0.25) is 0 Å². The highest BCUT2D eigenvalue weighted by atomic mass is 35.5. The number of nitrogens with one attached hydrogen (secondary N) is 1. The number of halogens is 3. The van der Waals surface area contributed by atoms with E-state index in [2.05, 4.69) is 22.3 Å². The van der Waals surface area contributed by atoms with Gasteiger partial charge in [-0.2, -0.15) is 0 Å². The van der Waals surface area contributed by atoms with Crippen LogP contribution in [0.15, 0.2) is 42.5 Å². The van der Waals surface area contributed by atoms with Gasteiger partial charge in [-0.3, -0.25) is 9.59 Å². The van der Waals surface area contributed by atoms with Gasteiger partial charge >= 0.3 is 0 Å². The Morgan fingerprint density at radius 3 is 2.42 bits per heavy atom. The number of fused-ring (bicyclic) bond motifs is 2. The molecule has 10 heteroatoms. The zero-order valence-electron chi connectivity index (χ0n) is 22.7. The first-order valence-corrected chi connectivity index (χ1v) is 14.0. The summed E-state index contributed by atoms with van der Waals surface area (Å²) in [5, 5.41) is 14.5. The van der Waals surface area contributed by atoms with E-state index in [4.69, 9.17) is 0 Å². The highest BCUT2D eigenvalue weighted by Crippen LogP contribution is 2.65. The fourth-order valence-corrected chi connectivity index (χ4v) is 6.59. The summed E-state index contributed by atoms with van der Waals surface area (Å²) in [6.45, 7) is 5.29. The number of likely N-dealkylation sites (tertiary alicyclic amines) is 1. The minimum atomic E-state index is -2.59. The fourth-order valence-electron chi connectivity index (χ4n) is 6.59. The molecule has 0 bridgehead atoms. The molecule has 2 fully saturated rings. The number of alkyl halides is 2. The number of hydrogen-bond donors (Lipinski definition) is 2. The monoisotopic (exact) mass is 574 g/mol. The first kappa shape index (κ1) is 28.8. The predicted octanol–water partition coefficient (Wildman–Crippen LogP) is 3.73. The number of rotatable bonds is 5. The van der Waals surface area contributed by atoms with Crippen LogP contribution in [0.3, 0.4) is 0 Å². The summed E-state index contributed by atoms with van der Waals surface area (Å²) < 4.78 is 27.6. The van der Waals surface area contributed by atoms with Crippen LogP contribution in [-0.2, 0) is 13.0 Å². The van der Waals surface area contributed by atoms with Gasteiger partial charge in [-0.25, -0.2) is 8.78 Å². The van der Waals surface area contributed by atoms with Crippen molar-refractivity contribution >= 4 is 29.9 Å². The third-order valence-electron chi connectivity index (χ3n) is 9.33. The highest BCUT2D eigenvalue weighted by molar-refractivity contribution is 6.03. The Morgan fingerprint density at radius 1 is 1.07 bits per heavy atom. The van der Waals surface area contributed by atoms with Crippen LogP contribution < -0.4 is 10.2 Å². The molecular formula is C30H37ClF2N4O3. The van der Waals surface area contributed by atoms with E-state index < -0.39 is 17.4 Å². The van der Waals surface area contributed by atoms with E-state index in [1.807, 2.05) is 19.1 Å². The zero-order chi connectivity index (χ0) is 27.4. The van der Waals surface area contributed by atoms with Gasteiger partial charge < -0.3 is 25.1 Å². The molecule has 1 saturated heterocycles. The molecule has 1 aliphatic carbocycles. The number of benzene rings is 2. The Kier molecular flexibility index (Phi) is 7.85. The molecule has 2 aromatic rings. The van der Waals surface area contributed by atoms with Crippen molar-refractivity contribution in [1.29, 1.82) is 0 Å². The van der Waals surface area contributed by atoms with Gasteiger partial charge in [0.15, 0.2) is 0 Å². The number of aliphatic hydroxyl groups excluding tert-OH is 1. The maximum atomic E-state index is 13.8. The molecule has 3 aliphatic heterocycles. The molecule has 0 aromatic heterocycles. The van der Waals surface area contributed by atoms with Crippen LogP contribution in [0.1, 0.15) is 58.0 Å². The Bertz CT molecular complexity index is 1280. The summed E-state index contributed by atoms with van der Waals surface area (Å²) in [7, 11) is 0. The van der Waals surface area contributed by atoms with Crippen molar-refractivity contribution in [2.45, 2.75) is 57.2 Å². The lowest BCUT2D eigenvalue weighted by atomic mass is 9.92. The van der Waals surface area contributed by atoms with Crippen molar-refractivity contribution in [2.75, 3.05) is 44.2 Å². The maximum absolute atomic E-state index is 13.8. The van der Waals surface area contributed by atoms with Crippen LogP contribution >= 0.6 is 12.4 Å². The van der Waals surface area contributed by atoms with E-state index in [0.717, 1.165) is 0 Å². The topological polar surface area (TPSA) is 76.1 Å². The van der Waals surface area contributed by atoms with Crippen LogP contribution in [0.25, 0.3) is 0 Å². The fraction of sp³-hybridized carbons (Fsp3) is 0.533. The third kappa shape index (κ3) is 5.08. The molecule has 3 heterocycles. The van der Waals surface area contributed by atoms with Crippen molar-refractivity contribution in [3.63, 3.8) is 0 Å². The van der Waals surface area contributed by atoms with Crippen molar-refractivity contribution in [3.8, 4) is 0 Å². The molecule has 2 unspecified atom stereocenters. The normalized spacial score (nSPS) is 23.6. The van der Waals surface area contributed by atoms with E-state index in [1.165, 1.54) is 11.1 Å². The summed E-state index contributed by atoms with van der Waals surface area (Å²) >= 11 is 0. The molecule has 2 atom stereocenters. The molecule has 2 amide bonds. The van der Waals surface area contributed by atoms with Crippen LogP contribution in [-0.4, -0.2) is 84.1 Å². The second-order valence-corrected chi connectivity index (χ2v) is 11.5. The number of β-amino-alcohol motifs (C(OH)–C–C–N with tert-alkyl or cyclic N) is 1. The number of hydrogen-bond acceptors (Lipinski definition) is 5. The molecule has 216 valence electrons. The molecule has 0 radical (unpaired) electrons. The van der Waals surface area contributed by atoms with Gasteiger partial charge in [-0.05, 0) is 55.5 Å². The minimum absolute atomic E-state index is 0. The molecule has 2 N–H and O–H groups in total. The number of anilines is 1. The second-order valence-electron chi connectivity index (χ2n) is 11.5. The summed E-state index contributed by atoms with van der Waals surface area (Å²) in [6, 6.07) is 13.2. The summed E-state index contributed by atoms with van der Waals surface area (Å²) in [5.41, 5.74) is 3.23. The Hall–Kier alpha value is -2.75. The number of nitrogens with zero attached hydrogens (tertiary/aromatic N) is 3. The van der Waals surface area contributed by atoms with Gasteiger partial charge in [-0.1, -0.05) is 24.3 Å².